The Morgan fingerprint density at radius 3 is 2.67 bits per heavy atom. The van der Waals surface area contributed by atoms with Crippen LogP contribution in [0.2, 0.25) is 0 Å². The van der Waals surface area contributed by atoms with E-state index in [1.165, 1.54) is 0 Å². The van der Waals surface area contributed by atoms with Gasteiger partial charge in [-0.15, -0.1) is 0 Å². The molecule has 0 saturated heterocycles. The van der Waals surface area contributed by atoms with Crippen LogP contribution < -0.4 is 16.0 Å². The van der Waals surface area contributed by atoms with E-state index in [1.54, 1.807) is 24.1 Å². The normalized spacial score (nSPS) is 11.1. The number of rotatable bonds is 4. The van der Waals surface area contributed by atoms with Gasteiger partial charge < -0.3 is 10.5 Å². The van der Waals surface area contributed by atoms with Crippen LogP contribution in [0.25, 0.3) is 48.8 Å². The molecule has 0 aliphatic rings. The number of nitrogens with one attached hydrogen (secondary N) is 1. The van der Waals surface area contributed by atoms with Crippen LogP contribution in [-0.4, -0.2) is 27.1 Å². The van der Waals surface area contributed by atoms with Gasteiger partial charge in [-0.2, -0.15) is 10.2 Å². The number of benzene rings is 3. The first-order chi connectivity index (χ1) is 16.1. The van der Waals surface area contributed by atoms with Crippen molar-refractivity contribution in [2.45, 2.75) is 6.54 Å². The third-order valence-electron chi connectivity index (χ3n) is 5.89. The van der Waals surface area contributed by atoms with Gasteiger partial charge in [0.25, 0.3) is 5.56 Å². The average molecular weight is 436 g/mol. The highest BCUT2D eigenvalue weighted by atomic mass is 16.5. The van der Waals surface area contributed by atoms with Gasteiger partial charge in [0.1, 0.15) is 5.75 Å². The van der Waals surface area contributed by atoms with Crippen LogP contribution in [0.4, 0.5) is 5.69 Å². The van der Waals surface area contributed by atoms with Crippen molar-refractivity contribution in [3.63, 3.8) is 0 Å². The number of aromatic nitrogens is 4. The number of H-pyrrole nitrogens is 1. The molecule has 162 valence electrons. The summed E-state index contributed by atoms with van der Waals surface area (Å²) < 4.78 is 7.24. The molecule has 0 spiro atoms. The number of aromatic amines is 1. The SMILES string of the molecule is [C-]#[N+]c1c(-c2c(-c3ccc4c(=O)[nH]nc(CN)c4c3)cnn2C)ccc2c(OC)cccc12. The van der Waals surface area contributed by atoms with Crippen molar-refractivity contribution in [1.82, 2.24) is 20.0 Å². The van der Waals surface area contributed by atoms with Crippen LogP contribution in [0.15, 0.2) is 59.5 Å². The zero-order valence-electron chi connectivity index (χ0n) is 18.1. The van der Waals surface area contributed by atoms with Gasteiger partial charge in [0.15, 0.2) is 0 Å². The number of nitrogens with two attached hydrogens (primary N) is 1. The Kier molecular flexibility index (Phi) is 4.89. The second kappa shape index (κ2) is 7.89. The molecule has 8 nitrogen and oxygen atoms in total. The Bertz CT molecular complexity index is 1640. The number of methoxy groups -OCH3 is 1. The summed E-state index contributed by atoms with van der Waals surface area (Å²) in [5, 5.41) is 14.0. The second-order valence-corrected chi connectivity index (χ2v) is 7.62. The van der Waals surface area contributed by atoms with Crippen LogP contribution in [0.3, 0.4) is 0 Å². The zero-order valence-corrected chi connectivity index (χ0v) is 18.1. The first-order valence-corrected chi connectivity index (χ1v) is 10.3. The fourth-order valence-electron chi connectivity index (χ4n) is 4.31. The van der Waals surface area contributed by atoms with Crippen molar-refractivity contribution in [2.75, 3.05) is 7.11 Å². The van der Waals surface area contributed by atoms with Gasteiger partial charge in [0.2, 0.25) is 5.69 Å². The van der Waals surface area contributed by atoms with Crippen LogP contribution >= 0.6 is 0 Å². The summed E-state index contributed by atoms with van der Waals surface area (Å²) in [6, 6.07) is 15.1. The van der Waals surface area contributed by atoms with Crippen molar-refractivity contribution in [1.29, 1.82) is 0 Å². The van der Waals surface area contributed by atoms with Gasteiger partial charge in [-0.1, -0.05) is 30.3 Å². The largest absolute Gasteiger partial charge is 0.496 e. The van der Waals surface area contributed by atoms with Gasteiger partial charge in [-0.25, -0.2) is 9.94 Å². The lowest BCUT2D eigenvalue weighted by molar-refractivity contribution is 0.420. The van der Waals surface area contributed by atoms with Crippen molar-refractivity contribution in [3.05, 3.63) is 82.2 Å². The predicted octanol–water partition coefficient (Wildman–Crippen LogP) is 4.16. The molecule has 8 heteroatoms. The Morgan fingerprint density at radius 1 is 1.09 bits per heavy atom. The monoisotopic (exact) mass is 436 g/mol. The molecule has 2 heterocycles. The maximum absolute atomic E-state index is 12.2. The van der Waals surface area contributed by atoms with Crippen molar-refractivity contribution < 1.29 is 4.74 Å². The first-order valence-electron chi connectivity index (χ1n) is 10.3. The van der Waals surface area contributed by atoms with Gasteiger partial charge >= 0.3 is 0 Å². The van der Waals surface area contributed by atoms with E-state index in [0.717, 1.165) is 38.9 Å². The maximum atomic E-state index is 12.2. The Hall–Kier alpha value is -4.48. The van der Waals surface area contributed by atoms with E-state index in [1.807, 2.05) is 49.5 Å². The molecule has 0 saturated carbocycles. The lowest BCUT2D eigenvalue weighted by Gasteiger charge is -2.13. The fraction of sp³-hybridized carbons (Fsp3) is 0.120. The van der Waals surface area contributed by atoms with E-state index >= 15 is 0 Å². The number of fused-ring (bicyclic) bond motifs is 2. The summed E-state index contributed by atoms with van der Waals surface area (Å²) >= 11 is 0. The Morgan fingerprint density at radius 2 is 1.91 bits per heavy atom. The summed E-state index contributed by atoms with van der Waals surface area (Å²) in [5.41, 5.74) is 9.99. The summed E-state index contributed by atoms with van der Waals surface area (Å²) in [6.07, 6.45) is 1.77. The second-order valence-electron chi connectivity index (χ2n) is 7.62. The molecule has 5 rings (SSSR count). The van der Waals surface area contributed by atoms with E-state index in [0.29, 0.717) is 22.2 Å². The van der Waals surface area contributed by atoms with E-state index in [2.05, 4.69) is 20.1 Å². The molecule has 0 aliphatic carbocycles. The van der Waals surface area contributed by atoms with Crippen LogP contribution in [0.1, 0.15) is 5.69 Å². The molecule has 33 heavy (non-hydrogen) atoms. The molecule has 0 bridgehead atoms. The molecule has 0 aliphatic heterocycles. The number of nitrogens with zero attached hydrogens (tertiary/aromatic N) is 4. The molecule has 0 radical (unpaired) electrons. The molecule has 3 N–H and O–H groups in total. The number of aryl methyl sites for hydroxylation is 1. The van der Waals surface area contributed by atoms with Crippen molar-refractivity contribution >= 4 is 27.2 Å². The molecule has 5 aromatic rings. The lowest BCUT2D eigenvalue weighted by atomic mass is 9.95. The van der Waals surface area contributed by atoms with Crippen LogP contribution in [0, 0.1) is 6.57 Å². The molecule has 2 aromatic heterocycles. The highest BCUT2D eigenvalue weighted by Gasteiger charge is 2.20. The summed E-state index contributed by atoms with van der Waals surface area (Å²) in [6.45, 7) is 8.12. The molecule has 3 aromatic carbocycles. The van der Waals surface area contributed by atoms with Crippen molar-refractivity contribution in [3.8, 4) is 28.1 Å². The molecular weight excluding hydrogens is 416 g/mol. The van der Waals surface area contributed by atoms with Gasteiger partial charge in [-0.05, 0) is 29.1 Å². The van der Waals surface area contributed by atoms with E-state index in [4.69, 9.17) is 17.0 Å². The number of ether oxygens (including phenoxy) is 1. The summed E-state index contributed by atoms with van der Waals surface area (Å²) in [4.78, 5) is 16.1. The number of hydrogen-bond donors (Lipinski definition) is 2. The fourth-order valence-corrected chi connectivity index (χ4v) is 4.31. The number of hydrogen-bond acceptors (Lipinski definition) is 5. The Labute approximate surface area is 189 Å². The van der Waals surface area contributed by atoms with Crippen LogP contribution in [-0.2, 0) is 13.6 Å². The maximum Gasteiger partial charge on any atom is 0.272 e. The minimum Gasteiger partial charge on any atom is -0.496 e. The third kappa shape index (κ3) is 3.14. The summed E-state index contributed by atoms with van der Waals surface area (Å²) in [7, 11) is 3.47. The van der Waals surface area contributed by atoms with Gasteiger partial charge in [-0.3, -0.25) is 9.48 Å². The summed E-state index contributed by atoms with van der Waals surface area (Å²) in [5.74, 6) is 0.718. The van der Waals surface area contributed by atoms with E-state index in [-0.39, 0.29) is 12.1 Å². The molecular formula is C25H20N6O2. The Balaban J connectivity index is 1.78. The van der Waals surface area contributed by atoms with Gasteiger partial charge in [0.05, 0.1) is 36.7 Å². The predicted molar refractivity (Wildman–Crippen MR) is 128 cm³/mol. The third-order valence-corrected chi connectivity index (χ3v) is 5.89. The average Bonchev–Trinajstić information content (AvgIpc) is 3.23. The van der Waals surface area contributed by atoms with Crippen LogP contribution in [0.5, 0.6) is 5.75 Å². The molecule has 0 unspecified atom stereocenters. The van der Waals surface area contributed by atoms with Gasteiger partial charge in [0, 0.05) is 35.5 Å². The highest BCUT2D eigenvalue weighted by molar-refractivity contribution is 6.06. The minimum atomic E-state index is -0.265. The van der Waals surface area contributed by atoms with E-state index in [9.17, 15) is 4.79 Å². The quantitative estimate of drug-likeness (QED) is 0.412. The smallest absolute Gasteiger partial charge is 0.272 e. The first kappa shape index (κ1) is 20.4. The zero-order chi connectivity index (χ0) is 23.1. The van der Waals surface area contributed by atoms with E-state index < -0.39 is 0 Å². The topological polar surface area (TPSA) is 103 Å². The van der Waals surface area contributed by atoms with Crippen molar-refractivity contribution in [2.24, 2.45) is 12.8 Å². The molecule has 0 atom stereocenters. The standard InChI is InChI=1S/C25H20N6O2/c1-27-23-16-5-4-6-22(33-3)15(16)9-10-18(23)24-20(13-28-31(24)2)14-7-8-17-19(11-14)21(12-26)29-30-25(17)32/h4-11,13H,12,26H2,2-3H3,(H,30,32). The minimum absolute atomic E-state index is 0.199. The molecule has 0 fully saturated rings. The highest BCUT2D eigenvalue weighted by Crippen LogP contribution is 2.43. The lowest BCUT2D eigenvalue weighted by Crippen LogP contribution is -2.13. The molecule has 0 amide bonds.